The fourth-order valence-corrected chi connectivity index (χ4v) is 2.70. The first-order chi connectivity index (χ1) is 11.2. The SMILES string of the molecule is C#CCN(C)[C@@H](Cc1cccc(OCCP(=O)(O)O)c1)CN(C)C. The molecular weight excluding hydrogens is 327 g/mol. The minimum absolute atomic E-state index is 0.00808. The monoisotopic (exact) mass is 354 g/mol. The average Bonchev–Trinajstić information content (AvgIpc) is 2.45. The van der Waals surface area contributed by atoms with Crippen LogP contribution in [0, 0.1) is 12.3 Å². The van der Waals surface area contributed by atoms with Crippen molar-refractivity contribution in [1.82, 2.24) is 9.80 Å². The van der Waals surface area contributed by atoms with Crippen LogP contribution in [0.4, 0.5) is 0 Å². The van der Waals surface area contributed by atoms with Gasteiger partial charge in [0, 0.05) is 12.6 Å². The van der Waals surface area contributed by atoms with E-state index in [1.807, 2.05) is 39.3 Å². The second-order valence-electron chi connectivity index (χ2n) is 6.12. The zero-order valence-electron chi connectivity index (χ0n) is 14.6. The Morgan fingerprint density at radius 3 is 2.62 bits per heavy atom. The fraction of sp³-hybridized carbons (Fsp3) is 0.529. The number of hydrogen-bond donors (Lipinski definition) is 2. The van der Waals surface area contributed by atoms with E-state index in [-0.39, 0.29) is 18.8 Å². The first kappa shape index (κ1) is 20.7. The van der Waals surface area contributed by atoms with Crippen LogP contribution >= 0.6 is 7.60 Å². The van der Waals surface area contributed by atoms with Gasteiger partial charge in [-0.25, -0.2) is 0 Å². The van der Waals surface area contributed by atoms with Gasteiger partial charge in [0.25, 0.3) is 0 Å². The lowest BCUT2D eigenvalue weighted by atomic mass is 10.0. The summed E-state index contributed by atoms with van der Waals surface area (Å²) in [5, 5.41) is 0. The second kappa shape index (κ2) is 9.83. The van der Waals surface area contributed by atoms with E-state index in [0.29, 0.717) is 12.3 Å². The van der Waals surface area contributed by atoms with Gasteiger partial charge in [-0.2, -0.15) is 0 Å². The molecule has 0 aliphatic heterocycles. The highest BCUT2D eigenvalue weighted by atomic mass is 31.2. The highest BCUT2D eigenvalue weighted by Gasteiger charge is 2.16. The molecule has 0 bridgehead atoms. The minimum atomic E-state index is -4.03. The standard InChI is InChI=1S/C17H27N2O4P/c1-5-9-19(4)16(14-18(2)3)12-15-7-6-8-17(13-15)23-10-11-24(20,21)22/h1,6-8,13,16H,9-12,14H2,2-4H3,(H2,20,21,22)/t16-/m0/s1. The Morgan fingerprint density at radius 2 is 2.04 bits per heavy atom. The molecule has 1 aromatic carbocycles. The Labute approximate surface area is 144 Å². The Morgan fingerprint density at radius 1 is 1.33 bits per heavy atom. The van der Waals surface area contributed by atoms with Crippen molar-refractivity contribution >= 4 is 7.60 Å². The van der Waals surface area contributed by atoms with E-state index in [0.717, 1.165) is 18.5 Å². The van der Waals surface area contributed by atoms with Crippen LogP contribution in [0.25, 0.3) is 0 Å². The third-order valence-electron chi connectivity index (χ3n) is 3.56. The summed E-state index contributed by atoms with van der Waals surface area (Å²) < 4.78 is 16.3. The van der Waals surface area contributed by atoms with Crippen LogP contribution in [0.2, 0.25) is 0 Å². The summed E-state index contributed by atoms with van der Waals surface area (Å²) in [6, 6.07) is 7.86. The molecule has 0 heterocycles. The van der Waals surface area contributed by atoms with Crippen LogP contribution in [0.15, 0.2) is 24.3 Å². The molecule has 0 saturated carbocycles. The van der Waals surface area contributed by atoms with E-state index in [1.54, 1.807) is 6.07 Å². The zero-order valence-corrected chi connectivity index (χ0v) is 15.4. The third-order valence-corrected chi connectivity index (χ3v) is 4.33. The van der Waals surface area contributed by atoms with E-state index in [1.165, 1.54) is 0 Å². The Balaban J connectivity index is 2.72. The number of hydrogen-bond acceptors (Lipinski definition) is 4. The second-order valence-corrected chi connectivity index (χ2v) is 7.90. The topological polar surface area (TPSA) is 73.2 Å². The van der Waals surface area contributed by atoms with E-state index >= 15 is 0 Å². The first-order valence-corrected chi connectivity index (χ1v) is 9.56. The van der Waals surface area contributed by atoms with Gasteiger partial charge in [0.1, 0.15) is 5.75 Å². The summed E-state index contributed by atoms with van der Waals surface area (Å²) in [6.45, 7) is 1.45. The van der Waals surface area contributed by atoms with E-state index in [2.05, 4.69) is 15.7 Å². The molecule has 6 nitrogen and oxygen atoms in total. The molecule has 24 heavy (non-hydrogen) atoms. The van der Waals surface area contributed by atoms with Crippen molar-refractivity contribution in [2.24, 2.45) is 0 Å². The minimum Gasteiger partial charge on any atom is -0.493 e. The molecule has 0 spiro atoms. The maximum Gasteiger partial charge on any atom is 0.328 e. The molecule has 0 amide bonds. The van der Waals surface area contributed by atoms with Gasteiger partial charge >= 0.3 is 7.60 Å². The van der Waals surface area contributed by atoms with Gasteiger partial charge in [0.05, 0.1) is 19.3 Å². The molecule has 0 aliphatic carbocycles. The molecule has 0 aromatic heterocycles. The Hall–Kier alpha value is -1.35. The Bertz CT molecular complexity index is 594. The highest BCUT2D eigenvalue weighted by molar-refractivity contribution is 7.51. The van der Waals surface area contributed by atoms with Crippen molar-refractivity contribution in [2.75, 3.05) is 47.0 Å². The summed E-state index contributed by atoms with van der Waals surface area (Å²) in [4.78, 5) is 22.0. The Kier molecular flexibility index (Phi) is 8.47. The van der Waals surface area contributed by atoms with Crippen molar-refractivity contribution in [3.8, 4) is 18.1 Å². The predicted molar refractivity (Wildman–Crippen MR) is 96.4 cm³/mol. The van der Waals surface area contributed by atoms with Crippen LogP contribution in [-0.4, -0.2) is 72.6 Å². The van der Waals surface area contributed by atoms with Crippen LogP contribution in [0.3, 0.4) is 0 Å². The number of terminal acetylenes is 1. The third kappa shape index (κ3) is 8.49. The molecule has 7 heteroatoms. The van der Waals surface area contributed by atoms with Crippen molar-refractivity contribution in [2.45, 2.75) is 12.5 Å². The quantitative estimate of drug-likeness (QED) is 0.487. The molecule has 1 aromatic rings. The van der Waals surface area contributed by atoms with Gasteiger partial charge in [-0.1, -0.05) is 18.1 Å². The highest BCUT2D eigenvalue weighted by Crippen LogP contribution is 2.33. The van der Waals surface area contributed by atoms with Gasteiger partial charge < -0.3 is 19.4 Å². The zero-order chi connectivity index (χ0) is 18.2. The lowest BCUT2D eigenvalue weighted by Crippen LogP contribution is -2.41. The van der Waals surface area contributed by atoms with Crippen LogP contribution in [-0.2, 0) is 11.0 Å². The summed E-state index contributed by atoms with van der Waals surface area (Å²) in [5.41, 5.74) is 1.10. The van der Waals surface area contributed by atoms with Crippen molar-refractivity contribution in [3.05, 3.63) is 29.8 Å². The molecule has 0 radical (unpaired) electrons. The van der Waals surface area contributed by atoms with Crippen molar-refractivity contribution in [3.63, 3.8) is 0 Å². The maximum atomic E-state index is 10.9. The van der Waals surface area contributed by atoms with Crippen molar-refractivity contribution in [1.29, 1.82) is 0 Å². The molecule has 2 N–H and O–H groups in total. The summed E-state index contributed by atoms with van der Waals surface area (Å²) in [6.07, 6.45) is 5.94. The van der Waals surface area contributed by atoms with Gasteiger partial charge in [0.2, 0.25) is 0 Å². The summed E-state index contributed by atoms with van der Waals surface area (Å²) in [5.74, 6) is 3.28. The lowest BCUT2D eigenvalue weighted by molar-refractivity contribution is 0.212. The van der Waals surface area contributed by atoms with E-state index in [4.69, 9.17) is 20.9 Å². The smallest absolute Gasteiger partial charge is 0.328 e. The first-order valence-electron chi connectivity index (χ1n) is 7.76. The average molecular weight is 354 g/mol. The maximum absolute atomic E-state index is 10.9. The van der Waals surface area contributed by atoms with Gasteiger partial charge in [-0.15, -0.1) is 6.42 Å². The molecule has 0 unspecified atom stereocenters. The molecule has 134 valence electrons. The molecule has 1 atom stereocenters. The van der Waals surface area contributed by atoms with Crippen LogP contribution < -0.4 is 4.74 Å². The normalized spacial score (nSPS) is 13.1. The molecule has 0 fully saturated rings. The van der Waals surface area contributed by atoms with Crippen LogP contribution in [0.5, 0.6) is 5.75 Å². The number of likely N-dealkylation sites (N-methyl/N-ethyl adjacent to an activating group) is 2. The lowest BCUT2D eigenvalue weighted by Gasteiger charge is -2.29. The number of rotatable bonds is 10. The largest absolute Gasteiger partial charge is 0.493 e. The fourth-order valence-electron chi connectivity index (χ4n) is 2.37. The van der Waals surface area contributed by atoms with E-state index in [9.17, 15) is 4.57 Å². The number of benzene rings is 1. The van der Waals surface area contributed by atoms with Gasteiger partial charge in [-0.3, -0.25) is 9.46 Å². The molecule has 0 saturated heterocycles. The van der Waals surface area contributed by atoms with Crippen molar-refractivity contribution < 1.29 is 19.1 Å². The summed E-state index contributed by atoms with van der Waals surface area (Å²) in [7, 11) is 2.03. The summed E-state index contributed by atoms with van der Waals surface area (Å²) >= 11 is 0. The molecule has 0 aliphatic rings. The molecular formula is C17H27N2O4P. The van der Waals surface area contributed by atoms with Gasteiger partial charge in [0.15, 0.2) is 0 Å². The number of ether oxygens (including phenoxy) is 1. The van der Waals surface area contributed by atoms with Crippen LogP contribution in [0.1, 0.15) is 5.56 Å². The van der Waals surface area contributed by atoms with E-state index < -0.39 is 7.60 Å². The molecule has 1 rings (SSSR count). The van der Waals surface area contributed by atoms with Gasteiger partial charge in [-0.05, 0) is 45.3 Å². The number of nitrogens with zero attached hydrogens (tertiary/aromatic N) is 2. The predicted octanol–water partition coefficient (Wildman–Crippen LogP) is 1.28.